The van der Waals surface area contributed by atoms with Gasteiger partial charge in [-0.15, -0.1) is 11.3 Å². The lowest BCUT2D eigenvalue weighted by molar-refractivity contribution is -0.129. The van der Waals surface area contributed by atoms with Crippen LogP contribution < -0.4 is 0 Å². The highest BCUT2D eigenvalue weighted by atomic mass is 32.1. The highest BCUT2D eigenvalue weighted by Gasteiger charge is 2.19. The van der Waals surface area contributed by atoms with Crippen LogP contribution in [0.25, 0.3) is 0 Å². The molecular weight excluding hydrogens is 288 g/mol. The van der Waals surface area contributed by atoms with E-state index in [0.717, 1.165) is 16.3 Å². The minimum Gasteiger partial charge on any atom is -0.339 e. The number of thiazole rings is 1. The summed E-state index contributed by atoms with van der Waals surface area (Å²) >= 11 is 6.04. The van der Waals surface area contributed by atoms with E-state index in [1.807, 2.05) is 42.6 Å². The molecule has 20 heavy (non-hydrogen) atoms. The van der Waals surface area contributed by atoms with Crippen LogP contribution in [0.15, 0.2) is 35.7 Å². The van der Waals surface area contributed by atoms with Crippen molar-refractivity contribution in [3.05, 3.63) is 52.0 Å². The van der Waals surface area contributed by atoms with Crippen LogP contribution in [0.5, 0.6) is 0 Å². The zero-order valence-electron chi connectivity index (χ0n) is 11.6. The van der Waals surface area contributed by atoms with Crippen LogP contribution in [-0.2, 0) is 17.8 Å². The van der Waals surface area contributed by atoms with Crippen LogP contribution in [0.3, 0.4) is 0 Å². The molecule has 2 rings (SSSR count). The second kappa shape index (κ2) is 6.90. The summed E-state index contributed by atoms with van der Waals surface area (Å²) in [7, 11) is 1.80. The molecule has 0 fully saturated rings. The van der Waals surface area contributed by atoms with Crippen LogP contribution in [0, 0.1) is 6.92 Å². The molecule has 0 saturated carbocycles. The molecule has 0 aliphatic rings. The Kier molecular flexibility index (Phi) is 5.20. The number of thiol groups is 1. The van der Waals surface area contributed by atoms with Gasteiger partial charge in [0.15, 0.2) is 0 Å². The first-order valence-corrected chi connectivity index (χ1v) is 7.84. The third kappa shape index (κ3) is 4.08. The van der Waals surface area contributed by atoms with E-state index in [0.29, 0.717) is 13.0 Å². The van der Waals surface area contributed by atoms with Crippen molar-refractivity contribution in [1.82, 2.24) is 9.88 Å². The van der Waals surface area contributed by atoms with Crippen LogP contribution in [-0.4, -0.2) is 28.1 Å². The average molecular weight is 306 g/mol. The number of aryl methyl sites for hydroxylation is 1. The number of hydrogen-bond donors (Lipinski definition) is 1. The van der Waals surface area contributed by atoms with Gasteiger partial charge in [-0.05, 0) is 18.9 Å². The van der Waals surface area contributed by atoms with Crippen molar-refractivity contribution in [2.75, 3.05) is 7.05 Å². The SMILES string of the molecule is Cc1nc(CN(C)C(=O)C(S)Cc2ccccc2)cs1. The van der Waals surface area contributed by atoms with Gasteiger partial charge in [-0.3, -0.25) is 4.79 Å². The lowest BCUT2D eigenvalue weighted by atomic mass is 10.1. The molecule has 1 unspecified atom stereocenters. The quantitative estimate of drug-likeness (QED) is 0.862. The highest BCUT2D eigenvalue weighted by Crippen LogP contribution is 2.13. The monoisotopic (exact) mass is 306 g/mol. The molecule has 0 saturated heterocycles. The zero-order chi connectivity index (χ0) is 14.5. The fourth-order valence-electron chi connectivity index (χ4n) is 1.98. The molecule has 0 radical (unpaired) electrons. The predicted octanol–water partition coefficient (Wildman–Crippen LogP) is 2.95. The minimum absolute atomic E-state index is 0.0304. The fourth-order valence-corrected chi connectivity index (χ4v) is 2.99. The summed E-state index contributed by atoms with van der Waals surface area (Å²) in [4.78, 5) is 18.3. The number of aromatic nitrogens is 1. The molecule has 0 bridgehead atoms. The van der Waals surface area contributed by atoms with Crippen molar-refractivity contribution in [2.45, 2.75) is 25.1 Å². The first-order valence-electron chi connectivity index (χ1n) is 6.44. The van der Waals surface area contributed by atoms with E-state index in [2.05, 4.69) is 17.6 Å². The molecule has 1 heterocycles. The Morgan fingerprint density at radius 2 is 2.10 bits per heavy atom. The number of amides is 1. The van der Waals surface area contributed by atoms with Crippen LogP contribution in [0.4, 0.5) is 0 Å². The molecule has 106 valence electrons. The lowest BCUT2D eigenvalue weighted by Crippen LogP contribution is -2.34. The van der Waals surface area contributed by atoms with E-state index in [4.69, 9.17) is 0 Å². The second-order valence-corrected chi connectivity index (χ2v) is 6.44. The number of benzene rings is 1. The maximum absolute atomic E-state index is 12.3. The van der Waals surface area contributed by atoms with Gasteiger partial charge in [-0.1, -0.05) is 30.3 Å². The van der Waals surface area contributed by atoms with Crippen LogP contribution >= 0.6 is 24.0 Å². The molecule has 0 aliphatic carbocycles. The van der Waals surface area contributed by atoms with Gasteiger partial charge in [0.05, 0.1) is 22.5 Å². The fraction of sp³-hybridized carbons (Fsp3) is 0.333. The van der Waals surface area contributed by atoms with Crippen molar-refractivity contribution >= 4 is 29.9 Å². The van der Waals surface area contributed by atoms with Crippen LogP contribution in [0.1, 0.15) is 16.3 Å². The molecule has 1 aromatic heterocycles. The van der Waals surface area contributed by atoms with Crippen molar-refractivity contribution in [3.8, 4) is 0 Å². The lowest BCUT2D eigenvalue weighted by Gasteiger charge is -2.20. The maximum atomic E-state index is 12.3. The van der Waals surface area contributed by atoms with E-state index in [9.17, 15) is 4.79 Å². The van der Waals surface area contributed by atoms with Crippen molar-refractivity contribution in [3.63, 3.8) is 0 Å². The molecule has 0 spiro atoms. The van der Waals surface area contributed by atoms with E-state index in [1.54, 1.807) is 23.3 Å². The molecule has 2 aromatic rings. The zero-order valence-corrected chi connectivity index (χ0v) is 13.3. The minimum atomic E-state index is -0.317. The molecule has 1 aromatic carbocycles. The third-order valence-electron chi connectivity index (χ3n) is 3.00. The van der Waals surface area contributed by atoms with Gasteiger partial charge in [0.1, 0.15) is 0 Å². The Balaban J connectivity index is 1.92. The van der Waals surface area contributed by atoms with E-state index in [1.165, 1.54) is 0 Å². The standard InChI is InChI=1S/C15H18N2OS2/c1-11-16-13(10-20-11)9-17(2)15(18)14(19)8-12-6-4-3-5-7-12/h3-7,10,14,19H,8-9H2,1-2H3. The number of carbonyl (C=O) groups excluding carboxylic acids is 1. The summed E-state index contributed by atoms with van der Waals surface area (Å²) in [5, 5.41) is 2.69. The first kappa shape index (κ1) is 15.1. The van der Waals surface area contributed by atoms with E-state index >= 15 is 0 Å². The Labute approximate surface area is 129 Å². The van der Waals surface area contributed by atoms with E-state index in [-0.39, 0.29) is 11.2 Å². The Bertz CT molecular complexity index is 568. The molecule has 5 heteroatoms. The number of carbonyl (C=O) groups is 1. The second-order valence-electron chi connectivity index (χ2n) is 4.76. The van der Waals surface area contributed by atoms with Crippen molar-refractivity contribution in [1.29, 1.82) is 0 Å². The molecular formula is C15H18N2OS2. The summed E-state index contributed by atoms with van der Waals surface area (Å²) in [5.41, 5.74) is 2.06. The predicted molar refractivity (Wildman–Crippen MR) is 86.2 cm³/mol. The van der Waals surface area contributed by atoms with E-state index < -0.39 is 0 Å². The molecule has 1 amide bonds. The van der Waals surface area contributed by atoms with Gasteiger partial charge >= 0.3 is 0 Å². The van der Waals surface area contributed by atoms with Gasteiger partial charge in [0.2, 0.25) is 5.91 Å². The Morgan fingerprint density at radius 3 is 2.70 bits per heavy atom. The van der Waals surface area contributed by atoms with Gasteiger partial charge < -0.3 is 4.90 Å². The summed E-state index contributed by atoms with van der Waals surface area (Å²) in [6.07, 6.45) is 0.642. The normalized spacial score (nSPS) is 12.2. The summed E-state index contributed by atoms with van der Waals surface area (Å²) in [6.45, 7) is 2.50. The molecule has 0 N–H and O–H groups in total. The van der Waals surface area contributed by atoms with Crippen LogP contribution in [0.2, 0.25) is 0 Å². The average Bonchev–Trinajstić information content (AvgIpc) is 2.84. The van der Waals surface area contributed by atoms with Gasteiger partial charge in [0, 0.05) is 12.4 Å². The molecule has 3 nitrogen and oxygen atoms in total. The molecule has 0 aliphatic heterocycles. The third-order valence-corrected chi connectivity index (χ3v) is 4.22. The first-order chi connectivity index (χ1) is 9.56. The number of nitrogens with zero attached hydrogens (tertiary/aromatic N) is 2. The maximum Gasteiger partial charge on any atom is 0.235 e. The Hall–Kier alpha value is -1.33. The summed E-state index contributed by atoms with van der Waals surface area (Å²) in [5.74, 6) is 0.0304. The Morgan fingerprint density at radius 1 is 1.40 bits per heavy atom. The summed E-state index contributed by atoms with van der Waals surface area (Å²) < 4.78 is 0. The highest BCUT2D eigenvalue weighted by molar-refractivity contribution is 7.81. The van der Waals surface area contributed by atoms with Crippen molar-refractivity contribution < 1.29 is 4.79 Å². The molecule has 1 atom stereocenters. The largest absolute Gasteiger partial charge is 0.339 e. The topological polar surface area (TPSA) is 33.2 Å². The van der Waals surface area contributed by atoms with Crippen molar-refractivity contribution in [2.24, 2.45) is 0 Å². The number of hydrogen-bond acceptors (Lipinski definition) is 4. The van der Waals surface area contributed by atoms with Gasteiger partial charge in [-0.2, -0.15) is 12.6 Å². The number of rotatable bonds is 5. The van der Waals surface area contributed by atoms with Gasteiger partial charge in [-0.25, -0.2) is 4.98 Å². The van der Waals surface area contributed by atoms with Gasteiger partial charge in [0.25, 0.3) is 0 Å². The smallest absolute Gasteiger partial charge is 0.235 e. The summed E-state index contributed by atoms with van der Waals surface area (Å²) in [6, 6.07) is 9.94.